The molecule has 1 aromatic rings. The van der Waals surface area contributed by atoms with Crippen LogP contribution in [0.1, 0.15) is 37.6 Å². The van der Waals surface area contributed by atoms with Crippen LogP contribution in [-0.4, -0.2) is 64.2 Å². The first kappa shape index (κ1) is 21.5. The van der Waals surface area contributed by atoms with Crippen LogP contribution in [0.2, 0.25) is 0 Å². The number of aliphatic hydroxyl groups excluding tert-OH is 3. The van der Waals surface area contributed by atoms with Gasteiger partial charge in [-0.25, -0.2) is 4.79 Å². The second kappa shape index (κ2) is 9.43. The van der Waals surface area contributed by atoms with Crippen LogP contribution in [0.15, 0.2) is 42.5 Å². The fourth-order valence-electron chi connectivity index (χ4n) is 2.86. The smallest absolute Gasteiger partial charge is 0.338 e. The molecule has 0 aliphatic carbocycles. The third-order valence-electron chi connectivity index (χ3n) is 4.20. The van der Waals surface area contributed by atoms with E-state index in [0.717, 1.165) is 0 Å². The summed E-state index contributed by atoms with van der Waals surface area (Å²) in [6, 6.07) is 8.52. The van der Waals surface area contributed by atoms with Crippen LogP contribution in [-0.2, 0) is 14.2 Å². The lowest BCUT2D eigenvalue weighted by molar-refractivity contribution is -0.153. The lowest BCUT2D eigenvalue weighted by atomic mass is 10.0. The minimum Gasteiger partial charge on any atom is -0.452 e. The summed E-state index contributed by atoms with van der Waals surface area (Å²) < 4.78 is 17.3. The maximum absolute atomic E-state index is 12.5. The standard InChI is InChI=1S/C20H28O7/c1-13(22)15(23)9-10-16(25-19(24)14-7-5-4-6-8-14)18-17(11-12-21)26-20(2,3)27-18/h4-10,13,15-18,21-23H,11-12H2,1-3H3/b10-9-/t13-,15+,16?,17-,18+/m0/s1. The molecule has 0 aromatic heterocycles. The molecule has 0 bridgehead atoms. The van der Waals surface area contributed by atoms with E-state index in [2.05, 4.69) is 0 Å². The number of benzene rings is 1. The molecule has 3 N–H and O–H groups in total. The average molecular weight is 380 g/mol. The van der Waals surface area contributed by atoms with Crippen LogP contribution in [0.4, 0.5) is 0 Å². The Morgan fingerprint density at radius 1 is 1.22 bits per heavy atom. The summed E-state index contributed by atoms with van der Waals surface area (Å²) in [5.41, 5.74) is 0.379. The zero-order valence-corrected chi connectivity index (χ0v) is 15.8. The summed E-state index contributed by atoms with van der Waals surface area (Å²) in [5, 5.41) is 28.6. The van der Waals surface area contributed by atoms with Crippen molar-refractivity contribution in [3.05, 3.63) is 48.0 Å². The molecule has 2 rings (SSSR count). The minimum absolute atomic E-state index is 0.111. The number of hydrogen-bond donors (Lipinski definition) is 3. The van der Waals surface area contributed by atoms with E-state index in [-0.39, 0.29) is 6.61 Å². The molecule has 0 radical (unpaired) electrons. The predicted octanol–water partition coefficient (Wildman–Crippen LogP) is 1.41. The van der Waals surface area contributed by atoms with Crippen molar-refractivity contribution in [2.45, 2.75) is 63.5 Å². The van der Waals surface area contributed by atoms with Gasteiger partial charge < -0.3 is 29.5 Å². The number of carbonyl (C=O) groups is 1. The highest BCUT2D eigenvalue weighted by molar-refractivity contribution is 5.89. The molecule has 0 amide bonds. The second-order valence-corrected chi connectivity index (χ2v) is 7.00. The largest absolute Gasteiger partial charge is 0.452 e. The van der Waals surface area contributed by atoms with Gasteiger partial charge >= 0.3 is 5.97 Å². The Morgan fingerprint density at radius 3 is 2.48 bits per heavy atom. The predicted molar refractivity (Wildman–Crippen MR) is 98.0 cm³/mol. The lowest BCUT2D eigenvalue weighted by Crippen LogP contribution is -2.38. The van der Waals surface area contributed by atoms with Crippen molar-refractivity contribution in [3.63, 3.8) is 0 Å². The maximum Gasteiger partial charge on any atom is 0.338 e. The summed E-state index contributed by atoms with van der Waals surface area (Å²) in [6.07, 6.45) is -0.975. The highest BCUT2D eigenvalue weighted by atomic mass is 16.8. The van der Waals surface area contributed by atoms with Gasteiger partial charge in [0.15, 0.2) is 5.79 Å². The summed E-state index contributed by atoms with van der Waals surface area (Å²) in [7, 11) is 0. The molecule has 1 heterocycles. The molecular formula is C20H28O7. The van der Waals surface area contributed by atoms with Crippen LogP contribution in [0.3, 0.4) is 0 Å². The fourth-order valence-corrected chi connectivity index (χ4v) is 2.86. The number of esters is 1. The molecule has 5 atom stereocenters. The van der Waals surface area contributed by atoms with E-state index in [0.29, 0.717) is 12.0 Å². The Kier molecular flexibility index (Phi) is 7.52. The van der Waals surface area contributed by atoms with E-state index in [4.69, 9.17) is 14.2 Å². The number of rotatable bonds is 8. The fraction of sp³-hybridized carbons (Fsp3) is 0.550. The highest BCUT2D eigenvalue weighted by Gasteiger charge is 2.45. The average Bonchev–Trinajstić information content (AvgIpc) is 2.93. The number of aliphatic hydroxyl groups is 3. The number of carbonyl (C=O) groups excluding carboxylic acids is 1. The molecule has 1 aromatic carbocycles. The van der Waals surface area contributed by atoms with Crippen LogP contribution in [0.5, 0.6) is 0 Å². The third-order valence-corrected chi connectivity index (χ3v) is 4.20. The summed E-state index contributed by atoms with van der Waals surface area (Å²) >= 11 is 0. The van der Waals surface area contributed by atoms with Crippen molar-refractivity contribution >= 4 is 5.97 Å². The first-order valence-corrected chi connectivity index (χ1v) is 9.00. The van der Waals surface area contributed by atoms with Gasteiger partial charge in [0.05, 0.1) is 23.9 Å². The Labute approximate surface area is 159 Å². The van der Waals surface area contributed by atoms with Crippen LogP contribution in [0, 0.1) is 0 Å². The number of ether oxygens (including phenoxy) is 3. The molecule has 0 saturated carbocycles. The molecule has 27 heavy (non-hydrogen) atoms. The van der Waals surface area contributed by atoms with Crippen molar-refractivity contribution in [2.24, 2.45) is 0 Å². The zero-order chi connectivity index (χ0) is 20.0. The molecule has 7 nitrogen and oxygen atoms in total. The normalized spacial score (nSPS) is 25.3. The Hall–Kier alpha value is -1.77. The van der Waals surface area contributed by atoms with Gasteiger partial charge in [0.25, 0.3) is 0 Å². The van der Waals surface area contributed by atoms with E-state index in [1.807, 2.05) is 0 Å². The van der Waals surface area contributed by atoms with Gasteiger partial charge in [0.1, 0.15) is 12.2 Å². The van der Waals surface area contributed by atoms with E-state index in [1.54, 1.807) is 44.2 Å². The van der Waals surface area contributed by atoms with E-state index >= 15 is 0 Å². The van der Waals surface area contributed by atoms with Gasteiger partial charge in [-0.1, -0.05) is 24.3 Å². The van der Waals surface area contributed by atoms with Gasteiger partial charge in [0.2, 0.25) is 0 Å². The summed E-state index contributed by atoms with van der Waals surface area (Å²) in [4.78, 5) is 12.5. The minimum atomic E-state index is -1.12. The van der Waals surface area contributed by atoms with Gasteiger partial charge in [-0.3, -0.25) is 0 Å². The topological polar surface area (TPSA) is 105 Å². The van der Waals surface area contributed by atoms with Gasteiger partial charge in [0, 0.05) is 6.61 Å². The zero-order valence-electron chi connectivity index (χ0n) is 15.8. The Morgan fingerprint density at radius 2 is 1.89 bits per heavy atom. The highest BCUT2D eigenvalue weighted by Crippen LogP contribution is 2.33. The van der Waals surface area contributed by atoms with Crippen molar-refractivity contribution in [1.29, 1.82) is 0 Å². The first-order chi connectivity index (χ1) is 12.7. The molecule has 0 spiro atoms. The van der Waals surface area contributed by atoms with Gasteiger partial charge in [-0.05, 0) is 45.4 Å². The first-order valence-electron chi connectivity index (χ1n) is 9.00. The van der Waals surface area contributed by atoms with Gasteiger partial charge in [-0.15, -0.1) is 0 Å². The number of hydrogen-bond acceptors (Lipinski definition) is 7. The molecule has 1 aliphatic rings. The lowest BCUT2D eigenvalue weighted by Gasteiger charge is -2.24. The maximum atomic E-state index is 12.5. The van der Waals surface area contributed by atoms with Crippen LogP contribution >= 0.6 is 0 Å². The second-order valence-electron chi connectivity index (χ2n) is 7.00. The Balaban J connectivity index is 2.24. The third kappa shape index (κ3) is 6.12. The molecule has 150 valence electrons. The van der Waals surface area contributed by atoms with Crippen molar-refractivity contribution in [1.82, 2.24) is 0 Å². The van der Waals surface area contributed by atoms with Crippen molar-refractivity contribution in [3.8, 4) is 0 Å². The van der Waals surface area contributed by atoms with Crippen LogP contribution in [0.25, 0.3) is 0 Å². The monoisotopic (exact) mass is 380 g/mol. The quantitative estimate of drug-likeness (QED) is 0.463. The Bertz CT molecular complexity index is 626. The molecule has 1 fully saturated rings. The molecule has 1 saturated heterocycles. The van der Waals surface area contributed by atoms with Gasteiger partial charge in [-0.2, -0.15) is 0 Å². The molecule has 1 aliphatic heterocycles. The molecular weight excluding hydrogens is 352 g/mol. The SMILES string of the molecule is C[C@H](O)[C@H](O)/C=C\C(OC(=O)c1ccccc1)[C@H]1OC(C)(C)O[C@H]1CCO. The van der Waals surface area contributed by atoms with Crippen LogP contribution < -0.4 is 0 Å². The van der Waals surface area contributed by atoms with Crippen molar-refractivity contribution in [2.75, 3.05) is 6.61 Å². The van der Waals surface area contributed by atoms with E-state index in [1.165, 1.54) is 19.1 Å². The summed E-state index contributed by atoms with van der Waals surface area (Å²) in [5.74, 6) is -1.45. The molecule has 7 heteroatoms. The van der Waals surface area contributed by atoms with E-state index < -0.39 is 42.3 Å². The van der Waals surface area contributed by atoms with E-state index in [9.17, 15) is 20.1 Å². The molecule has 1 unspecified atom stereocenters. The summed E-state index contributed by atoms with van der Waals surface area (Å²) in [6.45, 7) is 4.82. The van der Waals surface area contributed by atoms with Crippen molar-refractivity contribution < 1.29 is 34.3 Å².